The number of ether oxygens (including phenoxy) is 4. The van der Waals surface area contributed by atoms with Crippen LogP contribution in [0.15, 0.2) is 11.6 Å². The zero-order valence-corrected chi connectivity index (χ0v) is 34.1. The zero-order valence-electron chi connectivity index (χ0n) is 34.1. The van der Waals surface area contributed by atoms with Gasteiger partial charge in [0.15, 0.2) is 6.29 Å². The van der Waals surface area contributed by atoms with Gasteiger partial charge in [0.25, 0.3) is 0 Å². The third-order valence-electron chi connectivity index (χ3n) is 17.4. The van der Waals surface area contributed by atoms with E-state index in [-0.39, 0.29) is 46.0 Å². The number of allylic oxidation sites excluding steroid dienone is 2. The molecule has 0 aromatic carbocycles. The maximum atomic E-state index is 14.6. The number of hydrogen-bond donors (Lipinski definition) is 9. The Labute approximate surface area is 330 Å². The van der Waals surface area contributed by atoms with Crippen LogP contribution in [0.25, 0.3) is 0 Å². The van der Waals surface area contributed by atoms with Crippen LogP contribution in [0.3, 0.4) is 0 Å². The number of esters is 1. The van der Waals surface area contributed by atoms with Crippen molar-refractivity contribution in [1.82, 2.24) is 0 Å². The van der Waals surface area contributed by atoms with Crippen molar-refractivity contribution < 1.29 is 69.7 Å². The number of hydrogen-bond acceptors (Lipinski definition) is 14. The van der Waals surface area contributed by atoms with Gasteiger partial charge in [-0.15, -0.1) is 0 Å². The van der Waals surface area contributed by atoms with E-state index < -0.39 is 97.5 Å². The van der Waals surface area contributed by atoms with E-state index >= 15 is 0 Å². The fraction of sp³-hybridized carbons (Fsp3) is 0.929. The van der Waals surface area contributed by atoms with Gasteiger partial charge in [-0.25, -0.2) is 0 Å². The van der Waals surface area contributed by atoms with Crippen molar-refractivity contribution in [3.63, 3.8) is 0 Å². The monoisotopic (exact) mass is 796 g/mol. The van der Waals surface area contributed by atoms with Crippen LogP contribution >= 0.6 is 0 Å². The Morgan fingerprint density at radius 1 is 0.714 bits per heavy atom. The van der Waals surface area contributed by atoms with Crippen LogP contribution in [0.2, 0.25) is 0 Å². The molecule has 0 spiro atoms. The highest BCUT2D eigenvalue weighted by atomic mass is 16.7. The van der Waals surface area contributed by atoms with Gasteiger partial charge in [0.1, 0.15) is 48.8 Å². The Balaban J connectivity index is 1.17. The van der Waals surface area contributed by atoms with Crippen molar-refractivity contribution in [3.05, 3.63) is 11.6 Å². The Bertz CT molecular complexity index is 1520. The van der Waals surface area contributed by atoms with Gasteiger partial charge in [-0.1, -0.05) is 60.1 Å². The summed E-state index contributed by atoms with van der Waals surface area (Å²) in [5.41, 5.74) is -1.27. The highest BCUT2D eigenvalue weighted by Crippen LogP contribution is 2.76. The molecule has 14 heteroatoms. The Hall–Kier alpha value is -1.27. The number of aliphatic hydroxyl groups excluding tert-OH is 9. The quantitative estimate of drug-likeness (QED) is 0.105. The molecule has 14 nitrogen and oxygen atoms in total. The second kappa shape index (κ2) is 14.4. The molecule has 4 saturated carbocycles. The predicted octanol–water partition coefficient (Wildman–Crippen LogP) is 1.29. The molecule has 9 N–H and O–H groups in total. The van der Waals surface area contributed by atoms with E-state index in [2.05, 4.69) is 40.7 Å². The third-order valence-corrected chi connectivity index (χ3v) is 17.4. The molecule has 0 radical (unpaired) electrons. The molecule has 0 aromatic rings. The predicted molar refractivity (Wildman–Crippen MR) is 199 cm³/mol. The first-order valence-electron chi connectivity index (χ1n) is 20.9. The van der Waals surface area contributed by atoms with Crippen molar-refractivity contribution >= 4 is 5.97 Å². The van der Waals surface area contributed by atoms with E-state index in [0.717, 1.165) is 25.7 Å². The maximum Gasteiger partial charge on any atom is 0.315 e. The molecular weight excluding hydrogens is 728 g/mol. The molecule has 7 aliphatic rings. The summed E-state index contributed by atoms with van der Waals surface area (Å²) in [6, 6.07) is 0. The van der Waals surface area contributed by atoms with E-state index in [0.29, 0.717) is 31.6 Å². The van der Waals surface area contributed by atoms with Gasteiger partial charge in [0, 0.05) is 0 Å². The molecule has 5 aliphatic carbocycles. The molecule has 19 atom stereocenters. The third kappa shape index (κ3) is 6.13. The molecule has 0 aromatic heterocycles. The fourth-order valence-electron chi connectivity index (χ4n) is 13.6. The van der Waals surface area contributed by atoms with E-state index in [1.165, 1.54) is 5.57 Å². The van der Waals surface area contributed by atoms with Gasteiger partial charge < -0.3 is 64.9 Å². The number of rotatable bonds is 6. The lowest BCUT2D eigenvalue weighted by Crippen LogP contribution is -2.67. The summed E-state index contributed by atoms with van der Waals surface area (Å²) >= 11 is 0. The minimum absolute atomic E-state index is 0.0879. The lowest BCUT2D eigenvalue weighted by Gasteiger charge is -2.71. The minimum atomic E-state index is -1.73. The lowest BCUT2D eigenvalue weighted by atomic mass is 9.33. The maximum absolute atomic E-state index is 14.6. The average Bonchev–Trinajstić information content (AvgIpc) is 3.13. The summed E-state index contributed by atoms with van der Waals surface area (Å²) in [6.07, 6.45) is -7.19. The van der Waals surface area contributed by atoms with Crippen molar-refractivity contribution in [2.24, 2.45) is 50.2 Å². The summed E-state index contributed by atoms with van der Waals surface area (Å²) in [5.74, 6) is -0.341. The topological polar surface area (TPSA) is 236 Å². The summed E-state index contributed by atoms with van der Waals surface area (Å²) in [5, 5.41) is 94.2. The second-order valence-corrected chi connectivity index (χ2v) is 20.7. The van der Waals surface area contributed by atoms with Crippen LogP contribution < -0.4 is 0 Å². The zero-order chi connectivity index (χ0) is 41.1. The smallest absolute Gasteiger partial charge is 0.315 e. The van der Waals surface area contributed by atoms with Crippen molar-refractivity contribution in [1.29, 1.82) is 0 Å². The lowest BCUT2D eigenvalue weighted by molar-refractivity contribution is -0.330. The number of carbonyl (C=O) groups excluding carboxylic acids is 1. The molecule has 2 heterocycles. The van der Waals surface area contributed by atoms with Crippen LogP contribution in [0.5, 0.6) is 0 Å². The molecule has 320 valence electrons. The first-order chi connectivity index (χ1) is 26.0. The normalized spacial score (nSPS) is 53.7. The van der Waals surface area contributed by atoms with Gasteiger partial charge >= 0.3 is 5.97 Å². The summed E-state index contributed by atoms with van der Waals surface area (Å²) < 4.78 is 23.8. The van der Waals surface area contributed by atoms with Crippen molar-refractivity contribution in [3.8, 4) is 0 Å². The minimum Gasteiger partial charge on any atom is -0.432 e. The molecular formula is C42H68O14. The molecule has 0 amide bonds. The summed E-state index contributed by atoms with van der Waals surface area (Å²) in [6.45, 7) is 14.5. The molecule has 56 heavy (non-hydrogen) atoms. The molecule has 2 aliphatic heterocycles. The highest BCUT2D eigenvalue weighted by Gasteiger charge is 2.70. The van der Waals surface area contributed by atoms with Crippen LogP contribution in [0, 0.1) is 50.2 Å². The number of carbonyl (C=O) groups is 1. The fourth-order valence-corrected chi connectivity index (χ4v) is 13.6. The van der Waals surface area contributed by atoms with Crippen LogP contribution in [-0.4, -0.2) is 139 Å². The first kappa shape index (κ1) is 42.8. The highest BCUT2D eigenvalue weighted by molar-refractivity contribution is 5.79. The molecule has 2 saturated heterocycles. The molecule has 7 rings (SSSR count). The summed E-state index contributed by atoms with van der Waals surface area (Å²) in [4.78, 5) is 14.6. The standard InChI is InChI=1S/C42H68O14/c1-37(2)16-21-20-8-9-25-39(5)12-11-27(55-34-32(50)30(48)28(46)22(18-43)53-34)38(3,4)24(39)10-13-41(25,7)40(20,6)14-15-42(21,17-26(37)45)36(52)56-35-33(51)31(49)29(47)23(19-44)54-35/h8,21-35,43-51H,9-19H2,1-7H3/t21-,22+,23+,24?,25?,26?,27-,28+,29+,30-,31-,32+,33+,34-,35-,39-,40+,41+,42+/m0/s1. The summed E-state index contributed by atoms with van der Waals surface area (Å²) in [7, 11) is 0. The van der Waals surface area contributed by atoms with Gasteiger partial charge in [-0.2, -0.15) is 0 Å². The molecule has 0 bridgehead atoms. The Kier molecular flexibility index (Phi) is 11.0. The largest absolute Gasteiger partial charge is 0.432 e. The Morgan fingerprint density at radius 2 is 1.30 bits per heavy atom. The van der Waals surface area contributed by atoms with E-state index in [1.807, 2.05) is 13.8 Å². The molecule has 3 unspecified atom stereocenters. The van der Waals surface area contributed by atoms with Gasteiger partial charge in [-0.05, 0) is 103 Å². The molecule has 6 fully saturated rings. The average molecular weight is 797 g/mol. The van der Waals surface area contributed by atoms with Crippen molar-refractivity contribution in [2.75, 3.05) is 13.2 Å². The van der Waals surface area contributed by atoms with Crippen LogP contribution in [0.4, 0.5) is 0 Å². The van der Waals surface area contributed by atoms with E-state index in [9.17, 15) is 50.8 Å². The number of aliphatic hydroxyl groups is 9. The van der Waals surface area contributed by atoms with Gasteiger partial charge in [0.2, 0.25) is 6.29 Å². The van der Waals surface area contributed by atoms with Gasteiger partial charge in [0.05, 0.1) is 30.8 Å². The Morgan fingerprint density at radius 3 is 1.91 bits per heavy atom. The van der Waals surface area contributed by atoms with Gasteiger partial charge in [-0.3, -0.25) is 4.79 Å². The SMILES string of the molecule is CC1(C)C[C@H]2C3=CCC4[C@@]5(C)CC[C@H](O[C@@H]6O[C@H](CO)[C@@H](O)[C@H](O)[C@H]6O)C(C)(C)C5CC[C@@]4(C)[C@]3(C)CC[C@@]2(C(=O)O[C@@H]2O[C@H](CO)[C@@H](O)[C@H](O)[C@H]2O)CC1O. The van der Waals surface area contributed by atoms with Crippen molar-refractivity contribution in [2.45, 2.75) is 180 Å². The van der Waals surface area contributed by atoms with Crippen LogP contribution in [-0.2, 0) is 23.7 Å². The first-order valence-corrected chi connectivity index (χ1v) is 20.9. The van der Waals surface area contributed by atoms with E-state index in [4.69, 9.17) is 18.9 Å². The van der Waals surface area contributed by atoms with E-state index in [1.54, 1.807) is 0 Å². The second-order valence-electron chi connectivity index (χ2n) is 20.7. The van der Waals surface area contributed by atoms with Crippen LogP contribution in [0.1, 0.15) is 106 Å². The number of fused-ring (bicyclic) bond motifs is 7.